The van der Waals surface area contributed by atoms with Gasteiger partial charge in [0.2, 0.25) is 5.91 Å². The monoisotopic (exact) mass is 232 g/mol. The summed E-state index contributed by atoms with van der Waals surface area (Å²) in [5, 5.41) is 25.1. The fourth-order valence-corrected chi connectivity index (χ4v) is 1.56. The molecule has 1 heterocycles. The Balaban J connectivity index is 2.37. The summed E-state index contributed by atoms with van der Waals surface area (Å²) in [5.74, 6) is -0.235. The van der Waals surface area contributed by atoms with E-state index in [0.717, 1.165) is 0 Å². The van der Waals surface area contributed by atoms with Gasteiger partial charge in [0.05, 0.1) is 6.42 Å². The van der Waals surface area contributed by atoms with Gasteiger partial charge in [-0.15, -0.1) is 5.10 Å². The van der Waals surface area contributed by atoms with Crippen molar-refractivity contribution in [3.8, 4) is 11.4 Å². The Morgan fingerprint density at radius 1 is 1.41 bits per heavy atom. The summed E-state index contributed by atoms with van der Waals surface area (Å²) in [5.41, 5.74) is 6.04. The highest BCUT2D eigenvalue weighted by atomic mass is 16.3. The summed E-state index contributed by atoms with van der Waals surface area (Å²) in [7, 11) is 0. The standard InChI is InChI=1S/C10H10N5O2/c11-9(17)5-8(16)6-3-1-2-4-7(6)10-12-14-15-13-10/h1-4,8H,5H2,(H2,11,17)(H,12,13,14,15). The minimum Gasteiger partial charge on any atom is -0.370 e. The van der Waals surface area contributed by atoms with Crippen LogP contribution in [0.3, 0.4) is 0 Å². The topological polar surface area (TPSA) is 117 Å². The molecule has 2 aromatic rings. The Hall–Kier alpha value is -2.28. The average Bonchev–Trinajstić information content (AvgIpc) is 2.81. The molecule has 1 aromatic heterocycles. The zero-order valence-electron chi connectivity index (χ0n) is 8.83. The highest BCUT2D eigenvalue weighted by molar-refractivity contribution is 5.75. The Labute approximate surface area is 96.7 Å². The molecule has 1 atom stereocenters. The van der Waals surface area contributed by atoms with Gasteiger partial charge in [-0.1, -0.05) is 24.3 Å². The van der Waals surface area contributed by atoms with E-state index in [4.69, 9.17) is 5.73 Å². The fourth-order valence-electron chi connectivity index (χ4n) is 1.56. The molecule has 1 aromatic carbocycles. The molecule has 2 rings (SSSR count). The smallest absolute Gasteiger partial charge is 0.220 e. The van der Waals surface area contributed by atoms with E-state index in [9.17, 15) is 9.90 Å². The van der Waals surface area contributed by atoms with Crippen LogP contribution in [0.5, 0.6) is 0 Å². The van der Waals surface area contributed by atoms with Crippen LogP contribution in [-0.2, 0) is 9.90 Å². The van der Waals surface area contributed by atoms with Gasteiger partial charge in [0.15, 0.2) is 5.82 Å². The van der Waals surface area contributed by atoms with E-state index >= 15 is 0 Å². The molecule has 7 heteroatoms. The first kappa shape index (κ1) is 11.2. The number of benzene rings is 1. The average molecular weight is 232 g/mol. The second kappa shape index (κ2) is 4.71. The molecule has 0 aliphatic rings. The minimum atomic E-state index is -1.21. The van der Waals surface area contributed by atoms with Crippen molar-refractivity contribution < 1.29 is 9.90 Å². The van der Waals surface area contributed by atoms with Gasteiger partial charge < -0.3 is 5.73 Å². The minimum absolute atomic E-state index is 0.251. The second-order valence-electron chi connectivity index (χ2n) is 3.50. The molecule has 1 unspecified atom stereocenters. The van der Waals surface area contributed by atoms with Crippen molar-refractivity contribution in [3.63, 3.8) is 0 Å². The van der Waals surface area contributed by atoms with Gasteiger partial charge in [-0.3, -0.25) is 4.79 Å². The molecule has 0 spiro atoms. The van der Waals surface area contributed by atoms with Gasteiger partial charge >= 0.3 is 0 Å². The number of aromatic amines is 1. The Bertz CT molecular complexity index is 511. The first-order chi connectivity index (χ1) is 8.18. The number of carbonyl (C=O) groups is 1. The molecule has 87 valence electrons. The fraction of sp³-hybridized carbons (Fsp3) is 0.200. The predicted molar refractivity (Wildman–Crippen MR) is 56.9 cm³/mol. The Kier molecular flexibility index (Phi) is 3.10. The van der Waals surface area contributed by atoms with Crippen LogP contribution in [0, 0.1) is 0 Å². The third kappa shape index (κ3) is 2.45. The number of nitrogens with one attached hydrogen (secondary N) is 1. The first-order valence-corrected chi connectivity index (χ1v) is 4.95. The molecular formula is C10H10N5O2. The van der Waals surface area contributed by atoms with E-state index in [1.807, 2.05) is 0 Å². The summed E-state index contributed by atoms with van der Waals surface area (Å²) >= 11 is 0. The van der Waals surface area contributed by atoms with Gasteiger partial charge in [0.25, 0.3) is 0 Å². The SMILES string of the molecule is NC(=O)CC([O])c1ccccc1-c1nnn[nH]1. The summed E-state index contributed by atoms with van der Waals surface area (Å²) < 4.78 is 0. The summed E-state index contributed by atoms with van der Waals surface area (Å²) in [4.78, 5) is 10.8. The number of carbonyl (C=O) groups excluding carboxylic acids is 1. The number of primary amides is 1. The number of amides is 1. The summed E-state index contributed by atoms with van der Waals surface area (Å²) in [6.07, 6.45) is -1.47. The van der Waals surface area contributed by atoms with Crippen LogP contribution in [0.1, 0.15) is 18.1 Å². The van der Waals surface area contributed by atoms with Crippen molar-refractivity contribution in [2.24, 2.45) is 5.73 Å². The van der Waals surface area contributed by atoms with Gasteiger partial charge in [0, 0.05) is 5.56 Å². The number of hydrogen-bond acceptors (Lipinski definition) is 4. The molecule has 0 fully saturated rings. The van der Waals surface area contributed by atoms with E-state index in [-0.39, 0.29) is 6.42 Å². The van der Waals surface area contributed by atoms with Gasteiger partial charge in [0.1, 0.15) is 6.10 Å². The second-order valence-corrected chi connectivity index (χ2v) is 3.50. The third-order valence-corrected chi connectivity index (χ3v) is 2.29. The molecule has 0 bridgehead atoms. The van der Waals surface area contributed by atoms with Crippen molar-refractivity contribution in [2.75, 3.05) is 0 Å². The molecule has 17 heavy (non-hydrogen) atoms. The maximum atomic E-state index is 11.9. The zero-order chi connectivity index (χ0) is 12.3. The number of hydrogen-bond donors (Lipinski definition) is 2. The number of rotatable bonds is 4. The zero-order valence-corrected chi connectivity index (χ0v) is 8.83. The Morgan fingerprint density at radius 3 is 2.82 bits per heavy atom. The number of aromatic nitrogens is 4. The molecule has 0 saturated carbocycles. The maximum absolute atomic E-state index is 11.9. The van der Waals surface area contributed by atoms with Crippen molar-refractivity contribution in [2.45, 2.75) is 12.5 Å². The van der Waals surface area contributed by atoms with Crippen LogP contribution in [0.2, 0.25) is 0 Å². The summed E-state index contributed by atoms with van der Waals surface area (Å²) in [6, 6.07) is 6.83. The molecular weight excluding hydrogens is 222 g/mol. The van der Waals surface area contributed by atoms with Crippen LogP contribution in [0.15, 0.2) is 24.3 Å². The van der Waals surface area contributed by atoms with Crippen LogP contribution >= 0.6 is 0 Å². The van der Waals surface area contributed by atoms with Crippen molar-refractivity contribution in [1.29, 1.82) is 0 Å². The lowest BCUT2D eigenvalue weighted by atomic mass is 9.99. The number of nitrogens with two attached hydrogens (primary N) is 1. The quantitative estimate of drug-likeness (QED) is 0.783. The molecule has 0 aliphatic carbocycles. The lowest BCUT2D eigenvalue weighted by Gasteiger charge is -2.10. The van der Waals surface area contributed by atoms with Crippen LogP contribution in [0.4, 0.5) is 0 Å². The third-order valence-electron chi connectivity index (χ3n) is 2.29. The molecule has 1 amide bonds. The van der Waals surface area contributed by atoms with E-state index in [0.29, 0.717) is 17.0 Å². The first-order valence-electron chi connectivity index (χ1n) is 4.95. The van der Waals surface area contributed by atoms with Crippen molar-refractivity contribution >= 4 is 5.91 Å². The van der Waals surface area contributed by atoms with Gasteiger partial charge in [-0.25, -0.2) is 10.2 Å². The predicted octanol–water partition coefficient (Wildman–Crippen LogP) is 0.214. The van der Waals surface area contributed by atoms with E-state index in [1.54, 1.807) is 24.3 Å². The highest BCUT2D eigenvalue weighted by Gasteiger charge is 2.18. The van der Waals surface area contributed by atoms with Crippen molar-refractivity contribution in [3.05, 3.63) is 29.8 Å². The van der Waals surface area contributed by atoms with Crippen LogP contribution < -0.4 is 5.73 Å². The van der Waals surface area contributed by atoms with Gasteiger partial charge in [-0.2, -0.15) is 0 Å². The molecule has 0 aliphatic heterocycles. The van der Waals surface area contributed by atoms with E-state index < -0.39 is 12.0 Å². The van der Waals surface area contributed by atoms with Crippen LogP contribution in [0.25, 0.3) is 11.4 Å². The number of tetrazole rings is 1. The molecule has 7 nitrogen and oxygen atoms in total. The van der Waals surface area contributed by atoms with E-state index in [2.05, 4.69) is 20.6 Å². The normalized spacial score (nSPS) is 12.3. The lowest BCUT2D eigenvalue weighted by Crippen LogP contribution is -2.15. The number of H-pyrrole nitrogens is 1. The molecule has 3 N–H and O–H groups in total. The molecule has 1 radical (unpaired) electrons. The largest absolute Gasteiger partial charge is 0.370 e. The number of nitrogens with zero attached hydrogens (tertiary/aromatic N) is 3. The van der Waals surface area contributed by atoms with Gasteiger partial charge in [-0.05, 0) is 16.0 Å². The van der Waals surface area contributed by atoms with E-state index in [1.165, 1.54) is 0 Å². The summed E-state index contributed by atoms with van der Waals surface area (Å²) in [6.45, 7) is 0. The van der Waals surface area contributed by atoms with Crippen molar-refractivity contribution in [1.82, 2.24) is 20.6 Å². The van der Waals surface area contributed by atoms with Crippen LogP contribution in [-0.4, -0.2) is 26.5 Å². The lowest BCUT2D eigenvalue weighted by molar-refractivity contribution is -0.120. The highest BCUT2D eigenvalue weighted by Crippen LogP contribution is 2.27. The Morgan fingerprint density at radius 2 is 2.18 bits per heavy atom. The maximum Gasteiger partial charge on any atom is 0.220 e. The molecule has 0 saturated heterocycles.